The summed E-state index contributed by atoms with van der Waals surface area (Å²) < 4.78 is 17.1. The van der Waals surface area contributed by atoms with Crippen LogP contribution in [-0.4, -0.2) is 60.3 Å². The van der Waals surface area contributed by atoms with Gasteiger partial charge in [0.15, 0.2) is 11.5 Å². The molecule has 8 nitrogen and oxygen atoms in total. The van der Waals surface area contributed by atoms with Crippen molar-refractivity contribution in [3.8, 4) is 17.2 Å². The normalized spacial score (nSPS) is 22.4. The highest BCUT2D eigenvalue weighted by molar-refractivity contribution is 5.95. The molecule has 0 bridgehead atoms. The molecule has 0 radical (unpaired) electrons. The van der Waals surface area contributed by atoms with Crippen molar-refractivity contribution in [1.82, 2.24) is 4.90 Å². The van der Waals surface area contributed by atoms with E-state index in [0.29, 0.717) is 61.8 Å². The Labute approximate surface area is 179 Å². The molecule has 0 saturated carbocycles. The van der Waals surface area contributed by atoms with Gasteiger partial charge in [0.25, 0.3) is 5.91 Å². The number of aliphatic hydroxyl groups excluding tert-OH is 1. The van der Waals surface area contributed by atoms with Crippen molar-refractivity contribution in [3.05, 3.63) is 47.5 Å². The van der Waals surface area contributed by atoms with Gasteiger partial charge in [-0.15, -0.1) is 0 Å². The quantitative estimate of drug-likeness (QED) is 0.782. The number of β-amino-alcohol motifs (C(OH)–C–C–N with tert-alkyl or cyclic N) is 1. The number of nitrogens with one attached hydrogen (secondary N) is 1. The van der Waals surface area contributed by atoms with Crippen LogP contribution >= 0.6 is 0 Å². The van der Waals surface area contributed by atoms with Crippen molar-refractivity contribution >= 4 is 17.5 Å². The number of amides is 2. The van der Waals surface area contributed by atoms with E-state index < -0.39 is 12.2 Å². The number of carbonyl (C=O) groups is 2. The molecule has 0 spiro atoms. The summed E-state index contributed by atoms with van der Waals surface area (Å²) in [5, 5.41) is 13.5. The molecule has 3 aliphatic heterocycles. The second-order valence-corrected chi connectivity index (χ2v) is 7.99. The summed E-state index contributed by atoms with van der Waals surface area (Å²) in [6.07, 6.45) is 0.444. The fourth-order valence-corrected chi connectivity index (χ4v) is 4.20. The number of piperidine rings is 1. The van der Waals surface area contributed by atoms with Gasteiger partial charge in [0.1, 0.15) is 31.2 Å². The molecular weight excluding hydrogens is 400 g/mol. The summed E-state index contributed by atoms with van der Waals surface area (Å²) in [5.41, 5.74) is 2.34. The number of fused-ring (bicyclic) bond motifs is 2. The van der Waals surface area contributed by atoms with Crippen LogP contribution < -0.4 is 19.5 Å². The molecule has 3 aliphatic rings. The minimum Gasteiger partial charge on any atom is -0.488 e. The van der Waals surface area contributed by atoms with Gasteiger partial charge < -0.3 is 29.5 Å². The van der Waals surface area contributed by atoms with Crippen LogP contribution in [0.2, 0.25) is 0 Å². The zero-order chi connectivity index (χ0) is 21.4. The van der Waals surface area contributed by atoms with Crippen LogP contribution in [0, 0.1) is 0 Å². The summed E-state index contributed by atoms with van der Waals surface area (Å²) in [4.78, 5) is 26.1. The number of carbonyl (C=O) groups excluding carboxylic acids is 2. The summed E-state index contributed by atoms with van der Waals surface area (Å²) in [5.74, 6) is 1.73. The maximum atomic E-state index is 12.9. The van der Waals surface area contributed by atoms with Gasteiger partial charge in [-0.1, -0.05) is 0 Å². The maximum Gasteiger partial charge on any atom is 0.254 e. The first kappa shape index (κ1) is 19.7. The van der Waals surface area contributed by atoms with E-state index in [-0.39, 0.29) is 18.4 Å². The minimum absolute atomic E-state index is 0.0200. The zero-order valence-corrected chi connectivity index (χ0v) is 17.0. The molecule has 2 aromatic carbocycles. The first-order chi connectivity index (χ1) is 15.1. The van der Waals surface area contributed by atoms with Crippen LogP contribution in [0.3, 0.4) is 0 Å². The van der Waals surface area contributed by atoms with Gasteiger partial charge >= 0.3 is 0 Å². The van der Waals surface area contributed by atoms with Crippen molar-refractivity contribution in [2.75, 3.05) is 31.6 Å². The minimum atomic E-state index is -0.800. The molecule has 1 saturated heterocycles. The average molecular weight is 424 g/mol. The third-order valence-corrected chi connectivity index (χ3v) is 5.86. The summed E-state index contributed by atoms with van der Waals surface area (Å²) in [6.45, 7) is 1.63. The van der Waals surface area contributed by atoms with Crippen molar-refractivity contribution < 1.29 is 28.9 Å². The second-order valence-electron chi connectivity index (χ2n) is 7.99. The number of benzene rings is 2. The standard InChI is InChI=1S/C23H24N2O6/c26-18-13-25(23(28)15-1-5-20-21(12-15)30-10-9-29-20)8-7-19(18)31-16-3-4-17-14(11-16)2-6-22(27)24-17/h1,3-5,11-12,18-19,26H,2,6-10,13H2,(H,24,27)/t18-,19-/m1/s1. The molecule has 2 N–H and O–H groups in total. The van der Waals surface area contributed by atoms with E-state index in [1.165, 1.54) is 0 Å². The fourth-order valence-electron chi connectivity index (χ4n) is 4.20. The second kappa shape index (κ2) is 8.11. The monoisotopic (exact) mass is 424 g/mol. The van der Waals surface area contributed by atoms with E-state index in [2.05, 4.69) is 5.32 Å². The van der Waals surface area contributed by atoms with Gasteiger partial charge in [-0.3, -0.25) is 9.59 Å². The molecule has 0 aromatic heterocycles. The lowest BCUT2D eigenvalue weighted by Crippen LogP contribution is -2.51. The van der Waals surface area contributed by atoms with E-state index in [1.807, 2.05) is 12.1 Å². The molecular formula is C23H24N2O6. The van der Waals surface area contributed by atoms with Gasteiger partial charge in [0.05, 0.1) is 6.54 Å². The number of nitrogens with zero attached hydrogens (tertiary/aromatic N) is 1. The Hall–Kier alpha value is -3.26. The summed E-state index contributed by atoms with van der Waals surface area (Å²) >= 11 is 0. The predicted octanol–water partition coefficient (Wildman–Crippen LogP) is 2.00. The van der Waals surface area contributed by atoms with Crippen molar-refractivity contribution in [2.24, 2.45) is 0 Å². The van der Waals surface area contributed by atoms with E-state index in [0.717, 1.165) is 11.3 Å². The van der Waals surface area contributed by atoms with E-state index >= 15 is 0 Å². The van der Waals surface area contributed by atoms with Crippen LogP contribution in [0.15, 0.2) is 36.4 Å². The highest BCUT2D eigenvalue weighted by Crippen LogP contribution is 2.32. The lowest BCUT2D eigenvalue weighted by atomic mass is 10.0. The molecule has 2 amide bonds. The number of likely N-dealkylation sites (tertiary alicyclic amines) is 1. The van der Waals surface area contributed by atoms with Gasteiger partial charge in [-0.25, -0.2) is 0 Å². The van der Waals surface area contributed by atoms with Crippen LogP contribution in [-0.2, 0) is 11.2 Å². The molecule has 0 unspecified atom stereocenters. The first-order valence-corrected chi connectivity index (χ1v) is 10.5. The Kier molecular flexibility index (Phi) is 5.15. The number of hydrogen-bond acceptors (Lipinski definition) is 6. The Bertz CT molecular complexity index is 1020. The van der Waals surface area contributed by atoms with Crippen molar-refractivity contribution in [3.63, 3.8) is 0 Å². The van der Waals surface area contributed by atoms with E-state index in [9.17, 15) is 14.7 Å². The topological polar surface area (TPSA) is 97.3 Å². The number of rotatable bonds is 3. The number of aliphatic hydroxyl groups is 1. The smallest absolute Gasteiger partial charge is 0.254 e. The molecule has 2 atom stereocenters. The predicted molar refractivity (Wildman–Crippen MR) is 112 cm³/mol. The Morgan fingerprint density at radius 1 is 1.10 bits per heavy atom. The van der Waals surface area contributed by atoms with Crippen LogP contribution in [0.4, 0.5) is 5.69 Å². The Morgan fingerprint density at radius 3 is 2.77 bits per heavy atom. The lowest BCUT2D eigenvalue weighted by Gasteiger charge is -2.36. The highest BCUT2D eigenvalue weighted by atomic mass is 16.6. The third-order valence-electron chi connectivity index (χ3n) is 5.86. The zero-order valence-electron chi connectivity index (χ0n) is 17.0. The lowest BCUT2D eigenvalue weighted by molar-refractivity contribution is -0.116. The molecule has 5 rings (SSSR count). The molecule has 2 aromatic rings. The largest absolute Gasteiger partial charge is 0.488 e. The first-order valence-electron chi connectivity index (χ1n) is 10.5. The summed E-state index contributed by atoms with van der Waals surface area (Å²) in [7, 11) is 0. The number of anilines is 1. The Morgan fingerprint density at radius 2 is 1.94 bits per heavy atom. The highest BCUT2D eigenvalue weighted by Gasteiger charge is 2.32. The number of hydrogen-bond donors (Lipinski definition) is 2. The molecule has 31 heavy (non-hydrogen) atoms. The number of aryl methyl sites for hydroxylation is 1. The van der Waals surface area contributed by atoms with Crippen LogP contribution in [0.1, 0.15) is 28.8 Å². The average Bonchev–Trinajstić information content (AvgIpc) is 2.79. The fraction of sp³-hybridized carbons (Fsp3) is 0.391. The van der Waals surface area contributed by atoms with E-state index in [4.69, 9.17) is 14.2 Å². The number of ether oxygens (including phenoxy) is 3. The van der Waals surface area contributed by atoms with E-state index in [1.54, 1.807) is 29.2 Å². The Balaban J connectivity index is 1.22. The van der Waals surface area contributed by atoms with Gasteiger partial charge in [0, 0.05) is 30.6 Å². The molecule has 162 valence electrons. The molecule has 1 fully saturated rings. The van der Waals surface area contributed by atoms with Crippen molar-refractivity contribution in [1.29, 1.82) is 0 Å². The molecule has 3 heterocycles. The molecule has 0 aliphatic carbocycles. The molecule has 8 heteroatoms. The van der Waals surface area contributed by atoms with Crippen LogP contribution in [0.5, 0.6) is 17.2 Å². The third kappa shape index (κ3) is 4.03. The van der Waals surface area contributed by atoms with Crippen LogP contribution in [0.25, 0.3) is 0 Å². The SMILES string of the molecule is O=C1CCc2cc(O[C@@H]3CCN(C(=O)c4ccc5c(c4)OCCO5)C[C@H]3O)ccc2N1. The van der Waals surface area contributed by atoms with Gasteiger partial charge in [-0.2, -0.15) is 0 Å². The van der Waals surface area contributed by atoms with Gasteiger partial charge in [0.2, 0.25) is 5.91 Å². The van der Waals surface area contributed by atoms with Gasteiger partial charge in [-0.05, 0) is 48.4 Å². The maximum absolute atomic E-state index is 12.9. The van der Waals surface area contributed by atoms with Crippen molar-refractivity contribution in [2.45, 2.75) is 31.5 Å². The summed E-state index contributed by atoms with van der Waals surface area (Å²) in [6, 6.07) is 10.7.